The first kappa shape index (κ1) is 25.7. The maximum atomic E-state index is 12.0. The van der Waals surface area contributed by atoms with Crippen molar-refractivity contribution < 1.29 is 4.79 Å². The highest BCUT2D eigenvalue weighted by Crippen LogP contribution is 2.16. The van der Waals surface area contributed by atoms with Gasteiger partial charge in [-0.3, -0.25) is 14.7 Å². The van der Waals surface area contributed by atoms with Gasteiger partial charge in [0.25, 0.3) is 0 Å². The number of rotatable bonds is 7. The highest BCUT2D eigenvalue weighted by molar-refractivity contribution is 14.0. The summed E-state index contributed by atoms with van der Waals surface area (Å²) in [4.78, 5) is 21.4. The molecule has 1 aromatic carbocycles. The number of benzene rings is 1. The largest absolute Gasteiger partial charge is 0.357 e. The van der Waals surface area contributed by atoms with Crippen molar-refractivity contribution in [1.82, 2.24) is 20.4 Å². The zero-order chi connectivity index (χ0) is 20.5. The van der Waals surface area contributed by atoms with Gasteiger partial charge in [0.1, 0.15) is 0 Å². The Labute approximate surface area is 193 Å². The summed E-state index contributed by atoms with van der Waals surface area (Å²) >= 11 is 0. The topological polar surface area (TPSA) is 60.0 Å². The Morgan fingerprint density at radius 2 is 1.72 bits per heavy atom. The van der Waals surface area contributed by atoms with E-state index in [1.165, 1.54) is 11.1 Å². The Kier molecular flexibility index (Phi) is 11.6. The highest BCUT2D eigenvalue weighted by atomic mass is 127. The number of amides is 1. The Morgan fingerprint density at radius 3 is 2.28 bits per heavy atom. The number of hydrogen-bond acceptors (Lipinski definition) is 3. The number of hydrogen-bond donors (Lipinski definition) is 2. The van der Waals surface area contributed by atoms with E-state index in [-0.39, 0.29) is 35.9 Å². The fraction of sp³-hybridized carbons (Fsp3) is 0.636. The molecule has 29 heavy (non-hydrogen) atoms. The molecule has 7 heteroatoms. The minimum atomic E-state index is 0. The van der Waals surface area contributed by atoms with E-state index in [1.54, 1.807) is 0 Å². The van der Waals surface area contributed by atoms with Crippen LogP contribution < -0.4 is 10.6 Å². The first-order chi connectivity index (χ1) is 13.4. The van der Waals surface area contributed by atoms with Crippen LogP contribution in [0, 0.1) is 6.92 Å². The molecule has 1 heterocycles. The Hall–Kier alpha value is -1.35. The van der Waals surface area contributed by atoms with E-state index in [1.807, 2.05) is 13.8 Å². The van der Waals surface area contributed by atoms with Gasteiger partial charge in [0.05, 0.1) is 6.54 Å². The van der Waals surface area contributed by atoms with Gasteiger partial charge in [-0.25, -0.2) is 0 Å². The van der Waals surface area contributed by atoms with Gasteiger partial charge in [-0.05, 0) is 33.3 Å². The second-order valence-electron chi connectivity index (χ2n) is 7.99. The lowest BCUT2D eigenvalue weighted by Crippen LogP contribution is -2.54. The van der Waals surface area contributed by atoms with Gasteiger partial charge in [0.2, 0.25) is 5.91 Å². The number of halogens is 1. The summed E-state index contributed by atoms with van der Waals surface area (Å²) in [5.41, 5.74) is 2.61. The van der Waals surface area contributed by atoms with Gasteiger partial charge in [0, 0.05) is 51.2 Å². The van der Waals surface area contributed by atoms with E-state index in [2.05, 4.69) is 65.5 Å². The molecule has 6 nitrogen and oxygen atoms in total. The van der Waals surface area contributed by atoms with Crippen LogP contribution in [0.1, 0.15) is 44.7 Å². The van der Waals surface area contributed by atoms with Gasteiger partial charge in [0.15, 0.2) is 5.96 Å². The maximum absolute atomic E-state index is 12.0. The zero-order valence-electron chi connectivity index (χ0n) is 18.6. The summed E-state index contributed by atoms with van der Waals surface area (Å²) in [6.07, 6.45) is 0. The number of carbonyl (C=O) groups excluding carboxylic acids is 1. The Bertz CT molecular complexity index is 639. The molecular weight excluding hydrogens is 477 g/mol. The summed E-state index contributed by atoms with van der Waals surface area (Å²) in [6, 6.07) is 8.91. The van der Waals surface area contributed by atoms with Gasteiger partial charge in [-0.2, -0.15) is 0 Å². The van der Waals surface area contributed by atoms with Crippen molar-refractivity contribution in [3.63, 3.8) is 0 Å². The quantitative estimate of drug-likeness (QED) is 0.333. The number of carbonyl (C=O) groups is 1. The summed E-state index contributed by atoms with van der Waals surface area (Å²) in [5.74, 6) is 1.47. The molecule has 1 amide bonds. The van der Waals surface area contributed by atoms with Crippen LogP contribution in [0.3, 0.4) is 0 Å². The molecule has 0 bridgehead atoms. The van der Waals surface area contributed by atoms with Crippen molar-refractivity contribution in [2.75, 3.05) is 45.8 Å². The SMILES string of the molecule is CCNC(=NCC(C)c1ccc(C)cc1)N1CCN(CC(=O)NC(C)C)CC1.I. The number of nitrogens with zero attached hydrogens (tertiary/aromatic N) is 3. The van der Waals surface area contributed by atoms with Crippen molar-refractivity contribution in [2.24, 2.45) is 4.99 Å². The van der Waals surface area contributed by atoms with E-state index in [4.69, 9.17) is 4.99 Å². The molecule has 0 spiro atoms. The first-order valence-corrected chi connectivity index (χ1v) is 10.5. The maximum Gasteiger partial charge on any atom is 0.234 e. The molecule has 1 atom stereocenters. The van der Waals surface area contributed by atoms with Crippen LogP contribution in [0.4, 0.5) is 0 Å². The average Bonchev–Trinajstić information content (AvgIpc) is 2.65. The van der Waals surface area contributed by atoms with Gasteiger partial charge < -0.3 is 15.5 Å². The molecule has 1 saturated heterocycles. The lowest BCUT2D eigenvalue weighted by atomic mass is 10.0. The minimum Gasteiger partial charge on any atom is -0.357 e. The van der Waals surface area contributed by atoms with E-state index >= 15 is 0 Å². The van der Waals surface area contributed by atoms with Crippen LogP contribution in [-0.4, -0.2) is 73.5 Å². The lowest BCUT2D eigenvalue weighted by molar-refractivity contribution is -0.123. The van der Waals surface area contributed by atoms with E-state index in [9.17, 15) is 4.79 Å². The van der Waals surface area contributed by atoms with Crippen LogP contribution >= 0.6 is 24.0 Å². The molecule has 1 fully saturated rings. The summed E-state index contributed by atoms with van der Waals surface area (Å²) in [6.45, 7) is 16.1. The van der Waals surface area contributed by atoms with Crippen LogP contribution in [0.15, 0.2) is 29.3 Å². The van der Waals surface area contributed by atoms with Crippen LogP contribution in [-0.2, 0) is 4.79 Å². The summed E-state index contributed by atoms with van der Waals surface area (Å²) < 4.78 is 0. The molecule has 0 saturated carbocycles. The molecule has 1 unspecified atom stereocenters. The molecule has 0 aromatic heterocycles. The molecule has 0 radical (unpaired) electrons. The van der Waals surface area contributed by atoms with Gasteiger partial charge in [-0.15, -0.1) is 24.0 Å². The van der Waals surface area contributed by atoms with Gasteiger partial charge >= 0.3 is 0 Å². The number of aliphatic imine (C=N–C) groups is 1. The molecule has 2 rings (SSSR count). The number of nitrogens with one attached hydrogen (secondary N) is 2. The average molecular weight is 515 g/mol. The van der Waals surface area contributed by atoms with Gasteiger partial charge in [-0.1, -0.05) is 36.8 Å². The van der Waals surface area contributed by atoms with E-state index in [0.717, 1.165) is 45.2 Å². The minimum absolute atomic E-state index is 0. The molecule has 1 aliphatic rings. The van der Waals surface area contributed by atoms with Crippen molar-refractivity contribution in [2.45, 2.75) is 46.6 Å². The number of piperazine rings is 1. The highest BCUT2D eigenvalue weighted by Gasteiger charge is 2.21. The fourth-order valence-electron chi connectivity index (χ4n) is 3.34. The van der Waals surface area contributed by atoms with Crippen LogP contribution in [0.2, 0.25) is 0 Å². The molecule has 1 aliphatic heterocycles. The number of aryl methyl sites for hydroxylation is 1. The van der Waals surface area contributed by atoms with Crippen molar-refractivity contribution in [3.8, 4) is 0 Å². The number of guanidine groups is 1. The predicted octanol–water partition coefficient (Wildman–Crippen LogP) is 2.82. The molecule has 0 aliphatic carbocycles. The second kappa shape index (κ2) is 13.1. The third-order valence-corrected chi connectivity index (χ3v) is 4.98. The van der Waals surface area contributed by atoms with Crippen LogP contribution in [0.5, 0.6) is 0 Å². The normalized spacial score (nSPS) is 16.3. The lowest BCUT2D eigenvalue weighted by Gasteiger charge is -2.36. The molecular formula is C22H38IN5O. The zero-order valence-corrected chi connectivity index (χ0v) is 20.9. The van der Waals surface area contributed by atoms with Crippen molar-refractivity contribution in [3.05, 3.63) is 35.4 Å². The Morgan fingerprint density at radius 1 is 1.10 bits per heavy atom. The van der Waals surface area contributed by atoms with E-state index in [0.29, 0.717) is 12.5 Å². The third-order valence-electron chi connectivity index (χ3n) is 4.98. The smallest absolute Gasteiger partial charge is 0.234 e. The Balaban J connectivity index is 0.00000420. The molecule has 2 N–H and O–H groups in total. The molecule has 1 aromatic rings. The first-order valence-electron chi connectivity index (χ1n) is 10.5. The third kappa shape index (κ3) is 8.90. The summed E-state index contributed by atoms with van der Waals surface area (Å²) in [7, 11) is 0. The standard InChI is InChI=1S/C22H37N5O.HI/c1-6-23-22(24-15-19(5)20-9-7-18(4)8-10-20)27-13-11-26(12-14-27)16-21(28)25-17(2)3;/h7-10,17,19H,6,11-16H2,1-5H3,(H,23,24)(H,25,28);1H. The van der Waals surface area contributed by atoms with E-state index < -0.39 is 0 Å². The summed E-state index contributed by atoms with van der Waals surface area (Å²) in [5, 5.41) is 6.39. The second-order valence-corrected chi connectivity index (χ2v) is 7.99. The fourth-order valence-corrected chi connectivity index (χ4v) is 3.34. The molecule has 164 valence electrons. The van der Waals surface area contributed by atoms with Crippen molar-refractivity contribution in [1.29, 1.82) is 0 Å². The monoisotopic (exact) mass is 515 g/mol. The van der Waals surface area contributed by atoms with Crippen molar-refractivity contribution >= 4 is 35.8 Å². The predicted molar refractivity (Wildman–Crippen MR) is 132 cm³/mol. The van der Waals surface area contributed by atoms with Crippen LogP contribution in [0.25, 0.3) is 0 Å².